The summed E-state index contributed by atoms with van der Waals surface area (Å²) in [4.78, 5) is 11.1. The van der Waals surface area contributed by atoms with E-state index in [4.69, 9.17) is 9.94 Å². The molecule has 0 saturated heterocycles. The Labute approximate surface area is 96.6 Å². The number of nitrogens with zero attached hydrogens (tertiary/aromatic N) is 3. The van der Waals surface area contributed by atoms with E-state index in [1.165, 1.54) is 16.4 Å². The highest BCUT2D eigenvalue weighted by Crippen LogP contribution is 2.15. The lowest BCUT2D eigenvalue weighted by Crippen LogP contribution is -2.18. The summed E-state index contributed by atoms with van der Waals surface area (Å²) in [5.74, 6) is -0.0368. The Balaban J connectivity index is 2.33. The number of benzene rings is 1. The molecule has 1 amide bonds. The second-order valence-electron chi connectivity index (χ2n) is 3.19. The summed E-state index contributed by atoms with van der Waals surface area (Å²) < 4.78 is 6.48. The zero-order valence-electron chi connectivity index (χ0n) is 8.99. The molecule has 88 valence electrons. The van der Waals surface area contributed by atoms with Crippen LogP contribution in [0.5, 0.6) is 5.75 Å². The highest BCUT2D eigenvalue weighted by atomic mass is 16.5. The topological polar surface area (TPSA) is 89.3 Å². The van der Waals surface area contributed by atoms with Gasteiger partial charge < -0.3 is 4.74 Å². The molecule has 17 heavy (non-hydrogen) atoms. The van der Waals surface area contributed by atoms with Gasteiger partial charge in [-0.15, -0.1) is 5.10 Å². The Hall–Kier alpha value is -2.41. The molecule has 0 saturated carbocycles. The molecule has 2 aromatic rings. The molecule has 0 aliphatic carbocycles. The Kier molecular flexibility index (Phi) is 3.01. The van der Waals surface area contributed by atoms with E-state index in [0.29, 0.717) is 11.4 Å². The molecule has 0 atom stereocenters. The summed E-state index contributed by atoms with van der Waals surface area (Å²) >= 11 is 0. The Bertz CT molecular complexity index is 538. The van der Waals surface area contributed by atoms with Gasteiger partial charge in [0.1, 0.15) is 5.75 Å². The normalized spacial score (nSPS) is 10.0. The van der Waals surface area contributed by atoms with Crippen LogP contribution in [0.2, 0.25) is 0 Å². The molecule has 2 rings (SSSR count). The van der Waals surface area contributed by atoms with Gasteiger partial charge in [-0.25, -0.2) is 10.2 Å². The maximum atomic E-state index is 11.1. The Morgan fingerprint density at radius 3 is 3.06 bits per heavy atom. The van der Waals surface area contributed by atoms with Gasteiger partial charge in [0, 0.05) is 6.07 Å². The van der Waals surface area contributed by atoms with E-state index >= 15 is 0 Å². The number of nitrogens with one attached hydrogen (secondary N) is 1. The predicted octanol–water partition coefficient (Wildman–Crippen LogP) is 0.395. The van der Waals surface area contributed by atoms with Gasteiger partial charge in [0.2, 0.25) is 0 Å². The molecule has 1 aromatic heterocycles. The maximum Gasteiger partial charge on any atom is 0.296 e. The molecule has 0 radical (unpaired) electrons. The average molecular weight is 234 g/mol. The van der Waals surface area contributed by atoms with Crippen molar-refractivity contribution in [2.45, 2.75) is 0 Å². The van der Waals surface area contributed by atoms with Crippen molar-refractivity contribution in [3.05, 3.63) is 36.2 Å². The van der Waals surface area contributed by atoms with Crippen LogP contribution in [0.1, 0.15) is 10.5 Å². The lowest BCUT2D eigenvalue weighted by atomic mass is 10.3. The first-order valence-electron chi connectivity index (χ1n) is 4.76. The summed E-state index contributed by atoms with van der Waals surface area (Å²) in [6, 6.07) is 7.12. The van der Waals surface area contributed by atoms with Crippen molar-refractivity contribution >= 4 is 5.91 Å². The standard InChI is InChI=1S/C10H10N4O3/c1-17-8-4-2-3-7(5-8)14-6-9(11-13-14)10(15)12-16/h2-6,16H,1H3,(H,12,15). The monoisotopic (exact) mass is 234 g/mol. The second kappa shape index (κ2) is 4.62. The van der Waals surface area contributed by atoms with Crippen LogP contribution in [-0.4, -0.2) is 33.2 Å². The molecule has 0 bridgehead atoms. The minimum Gasteiger partial charge on any atom is -0.497 e. The minimum absolute atomic E-state index is 0.0234. The quantitative estimate of drug-likeness (QED) is 0.592. The molecule has 0 fully saturated rings. The summed E-state index contributed by atoms with van der Waals surface area (Å²) in [5, 5.41) is 15.8. The Morgan fingerprint density at radius 1 is 1.53 bits per heavy atom. The number of hydrogen-bond acceptors (Lipinski definition) is 5. The van der Waals surface area contributed by atoms with E-state index in [-0.39, 0.29) is 5.69 Å². The summed E-state index contributed by atoms with van der Waals surface area (Å²) in [6.45, 7) is 0. The third-order valence-corrected chi connectivity index (χ3v) is 2.15. The third kappa shape index (κ3) is 2.23. The lowest BCUT2D eigenvalue weighted by molar-refractivity contribution is 0.0700. The number of amides is 1. The first-order chi connectivity index (χ1) is 8.24. The van der Waals surface area contributed by atoms with Crippen LogP contribution in [-0.2, 0) is 0 Å². The van der Waals surface area contributed by atoms with Crippen molar-refractivity contribution in [2.75, 3.05) is 7.11 Å². The van der Waals surface area contributed by atoms with Gasteiger partial charge in [-0.2, -0.15) is 0 Å². The van der Waals surface area contributed by atoms with Crippen LogP contribution < -0.4 is 10.2 Å². The molecular formula is C10H10N4O3. The average Bonchev–Trinajstić information content (AvgIpc) is 2.87. The summed E-state index contributed by atoms with van der Waals surface area (Å²) in [7, 11) is 1.56. The minimum atomic E-state index is -0.709. The van der Waals surface area contributed by atoms with Crippen LogP contribution in [0.25, 0.3) is 5.69 Å². The van der Waals surface area contributed by atoms with Crippen LogP contribution >= 0.6 is 0 Å². The largest absolute Gasteiger partial charge is 0.497 e. The van der Waals surface area contributed by atoms with E-state index in [0.717, 1.165) is 0 Å². The van der Waals surface area contributed by atoms with Gasteiger partial charge >= 0.3 is 0 Å². The van der Waals surface area contributed by atoms with Crippen molar-refractivity contribution < 1.29 is 14.7 Å². The van der Waals surface area contributed by atoms with Gasteiger partial charge in [0.05, 0.1) is 19.0 Å². The van der Waals surface area contributed by atoms with Crippen molar-refractivity contribution in [2.24, 2.45) is 0 Å². The first-order valence-corrected chi connectivity index (χ1v) is 4.76. The van der Waals surface area contributed by atoms with Gasteiger partial charge in [-0.05, 0) is 12.1 Å². The number of carbonyl (C=O) groups excluding carboxylic acids is 1. The highest BCUT2D eigenvalue weighted by molar-refractivity contribution is 5.90. The molecule has 0 aliphatic heterocycles. The number of hydroxylamine groups is 1. The molecule has 2 N–H and O–H groups in total. The zero-order valence-corrected chi connectivity index (χ0v) is 8.99. The molecule has 0 aliphatic rings. The molecule has 1 aromatic carbocycles. The molecule has 1 heterocycles. The summed E-state index contributed by atoms with van der Waals surface area (Å²) in [5.41, 5.74) is 2.22. The van der Waals surface area contributed by atoms with E-state index in [9.17, 15) is 4.79 Å². The van der Waals surface area contributed by atoms with Gasteiger partial charge in [-0.1, -0.05) is 11.3 Å². The fourth-order valence-electron chi connectivity index (χ4n) is 1.30. The van der Waals surface area contributed by atoms with E-state index in [2.05, 4.69) is 10.3 Å². The van der Waals surface area contributed by atoms with Crippen LogP contribution in [0.3, 0.4) is 0 Å². The molecular weight excluding hydrogens is 224 g/mol. The van der Waals surface area contributed by atoms with Crippen LogP contribution in [0, 0.1) is 0 Å². The molecule has 7 nitrogen and oxygen atoms in total. The fourth-order valence-corrected chi connectivity index (χ4v) is 1.30. The molecule has 0 unspecified atom stereocenters. The van der Waals surface area contributed by atoms with Gasteiger partial charge in [0.15, 0.2) is 5.69 Å². The second-order valence-corrected chi connectivity index (χ2v) is 3.19. The van der Waals surface area contributed by atoms with E-state index in [1.807, 2.05) is 0 Å². The molecule has 0 spiro atoms. The number of hydrogen-bond donors (Lipinski definition) is 2. The number of ether oxygens (including phenoxy) is 1. The van der Waals surface area contributed by atoms with Gasteiger partial charge in [-0.3, -0.25) is 10.0 Å². The van der Waals surface area contributed by atoms with Crippen molar-refractivity contribution in [1.29, 1.82) is 0 Å². The van der Waals surface area contributed by atoms with Crippen molar-refractivity contribution in [3.8, 4) is 11.4 Å². The first kappa shape index (κ1) is 11.1. The smallest absolute Gasteiger partial charge is 0.296 e. The highest BCUT2D eigenvalue weighted by Gasteiger charge is 2.10. The van der Waals surface area contributed by atoms with Crippen molar-refractivity contribution in [1.82, 2.24) is 20.5 Å². The fraction of sp³-hybridized carbons (Fsp3) is 0.100. The number of carbonyl (C=O) groups is 1. The van der Waals surface area contributed by atoms with Crippen LogP contribution in [0.4, 0.5) is 0 Å². The van der Waals surface area contributed by atoms with Crippen molar-refractivity contribution in [3.63, 3.8) is 0 Å². The van der Waals surface area contributed by atoms with E-state index in [1.54, 1.807) is 31.4 Å². The van der Waals surface area contributed by atoms with E-state index < -0.39 is 5.91 Å². The Morgan fingerprint density at radius 2 is 2.35 bits per heavy atom. The zero-order chi connectivity index (χ0) is 12.3. The maximum absolute atomic E-state index is 11.1. The number of methoxy groups -OCH3 is 1. The summed E-state index contributed by atoms with van der Waals surface area (Å²) in [6.07, 6.45) is 1.40. The molecule has 7 heteroatoms. The third-order valence-electron chi connectivity index (χ3n) is 2.15. The van der Waals surface area contributed by atoms with Crippen LogP contribution in [0.15, 0.2) is 30.5 Å². The number of aromatic nitrogens is 3. The lowest BCUT2D eigenvalue weighted by Gasteiger charge is -2.02. The SMILES string of the molecule is COc1cccc(-n2cc(C(=O)NO)nn2)c1. The predicted molar refractivity (Wildman–Crippen MR) is 57.2 cm³/mol. The van der Waals surface area contributed by atoms with Gasteiger partial charge in [0.25, 0.3) is 5.91 Å². The number of rotatable bonds is 3.